The molecule has 2 aliphatic heterocycles. The van der Waals surface area contributed by atoms with Crippen LogP contribution in [-0.2, 0) is 16.6 Å². The predicted octanol–water partition coefficient (Wildman–Crippen LogP) is 3.08. The third-order valence-electron chi connectivity index (χ3n) is 9.91. The number of nitrogens with two attached hydrogens (primary N) is 1. The number of carbonyl (C=O) groups excluding carboxylic acids is 1. The second kappa shape index (κ2) is 7.98. The van der Waals surface area contributed by atoms with E-state index in [1.165, 1.54) is 18.4 Å². The highest BCUT2D eigenvalue weighted by Gasteiger charge is 2.73. The summed E-state index contributed by atoms with van der Waals surface area (Å²) in [5.74, 6) is 1.27. The smallest absolute Gasteiger partial charge is 0.246 e. The number of amides is 1. The number of piperidine rings is 1. The molecule has 5 atom stereocenters. The van der Waals surface area contributed by atoms with Crippen LogP contribution < -0.4 is 10.5 Å². The summed E-state index contributed by atoms with van der Waals surface area (Å²) < 4.78 is 6.60. The zero-order valence-corrected chi connectivity index (χ0v) is 21.3. The number of nitrogens with zero attached hydrogens (tertiary/aromatic N) is 2. The van der Waals surface area contributed by atoms with E-state index in [-0.39, 0.29) is 23.7 Å². The first-order chi connectivity index (χ1) is 17.8. The molecule has 0 unspecified atom stereocenters. The van der Waals surface area contributed by atoms with Crippen molar-refractivity contribution in [3.63, 3.8) is 0 Å². The van der Waals surface area contributed by atoms with Crippen LogP contribution in [0.5, 0.6) is 11.5 Å². The van der Waals surface area contributed by atoms with E-state index in [1.807, 2.05) is 37.4 Å². The molecule has 37 heavy (non-hydrogen) atoms. The Kier molecular flexibility index (Phi) is 4.99. The average Bonchev–Trinajstić information content (AvgIpc) is 3.62. The number of benzene rings is 2. The fraction of sp³-hybridized carbons (Fsp3) is 0.500. The Morgan fingerprint density at radius 3 is 2.86 bits per heavy atom. The summed E-state index contributed by atoms with van der Waals surface area (Å²) >= 11 is 0. The van der Waals surface area contributed by atoms with Crippen molar-refractivity contribution in [2.45, 2.75) is 67.7 Å². The van der Waals surface area contributed by atoms with Crippen molar-refractivity contribution >= 4 is 17.7 Å². The predicted molar refractivity (Wildman–Crippen MR) is 141 cm³/mol. The number of hydrogen-bond acceptors (Lipinski definition) is 6. The minimum absolute atomic E-state index is 0.0290. The number of carbonyl (C=O) groups is 1. The molecule has 7 heteroatoms. The highest BCUT2D eigenvalue weighted by molar-refractivity contribution is 5.92. The number of anilines is 1. The fourth-order valence-electron chi connectivity index (χ4n) is 7.96. The van der Waals surface area contributed by atoms with Crippen LogP contribution in [0.15, 0.2) is 42.5 Å². The molecule has 1 amide bonds. The highest BCUT2D eigenvalue weighted by Crippen LogP contribution is 2.66. The third kappa shape index (κ3) is 3.23. The van der Waals surface area contributed by atoms with Gasteiger partial charge in [0.25, 0.3) is 0 Å². The highest BCUT2D eigenvalue weighted by atomic mass is 16.5. The molecule has 3 aliphatic carbocycles. The Balaban J connectivity index is 1.25. The molecule has 2 bridgehead atoms. The van der Waals surface area contributed by atoms with Crippen LogP contribution in [0.4, 0.5) is 5.69 Å². The van der Waals surface area contributed by atoms with E-state index in [9.17, 15) is 15.0 Å². The van der Waals surface area contributed by atoms with Gasteiger partial charge in [-0.2, -0.15) is 0 Å². The number of aromatic hydroxyl groups is 1. The Morgan fingerprint density at radius 1 is 1.24 bits per heavy atom. The van der Waals surface area contributed by atoms with E-state index in [0.29, 0.717) is 24.3 Å². The maximum Gasteiger partial charge on any atom is 0.246 e. The zero-order valence-electron chi connectivity index (χ0n) is 21.3. The van der Waals surface area contributed by atoms with E-state index in [1.54, 1.807) is 23.1 Å². The molecule has 3 fully saturated rings. The van der Waals surface area contributed by atoms with Crippen LogP contribution in [0.3, 0.4) is 0 Å². The lowest BCUT2D eigenvalue weighted by Crippen LogP contribution is -2.78. The molecular formula is C30H35N3O4. The molecule has 2 heterocycles. The van der Waals surface area contributed by atoms with Crippen LogP contribution in [0, 0.1) is 5.92 Å². The molecule has 5 aliphatic rings. The van der Waals surface area contributed by atoms with Gasteiger partial charge < -0.3 is 25.6 Å². The van der Waals surface area contributed by atoms with Crippen LogP contribution in [0.25, 0.3) is 6.08 Å². The van der Waals surface area contributed by atoms with Crippen molar-refractivity contribution in [3.05, 3.63) is 59.2 Å². The van der Waals surface area contributed by atoms with Gasteiger partial charge in [-0.05, 0) is 86.4 Å². The Morgan fingerprint density at radius 2 is 2.08 bits per heavy atom. The minimum Gasteiger partial charge on any atom is -0.504 e. The molecule has 4 N–H and O–H groups in total. The number of hydrogen-bond donors (Lipinski definition) is 3. The van der Waals surface area contributed by atoms with Gasteiger partial charge in [-0.3, -0.25) is 9.69 Å². The number of nitrogen functional groups attached to an aromatic ring is 1. The standard InChI is InChI=1S/C30H35N3O4/c1-32(25(35)10-7-18-3-2-4-21(31)15-18)22-11-12-30(36)24-16-20-8-9-23(34)27-26(20)29(30,28(22)37-27)13-14-33(24)17-19-5-6-19/h2-4,7-10,15,19,22,24,28,34,36H,5-6,11-14,16-17,31H2,1H3/b10-7+/t22-,24+,28-,29-,30+/m0/s1. The van der Waals surface area contributed by atoms with Gasteiger partial charge in [0, 0.05) is 37.0 Å². The van der Waals surface area contributed by atoms with Gasteiger partial charge in [-0.25, -0.2) is 0 Å². The zero-order chi connectivity index (χ0) is 25.5. The Labute approximate surface area is 217 Å². The molecule has 194 valence electrons. The Hall–Kier alpha value is -3.03. The van der Waals surface area contributed by atoms with E-state index >= 15 is 0 Å². The number of phenolic OH excluding ortho intramolecular Hbond substituents is 1. The normalized spacial score (nSPS) is 33.7. The van der Waals surface area contributed by atoms with Crippen molar-refractivity contribution in [3.8, 4) is 11.5 Å². The molecule has 1 spiro atoms. The lowest BCUT2D eigenvalue weighted by atomic mass is 9.48. The lowest BCUT2D eigenvalue weighted by Gasteiger charge is -2.64. The summed E-state index contributed by atoms with van der Waals surface area (Å²) in [6.07, 6.45) is 8.31. The summed E-state index contributed by atoms with van der Waals surface area (Å²) in [4.78, 5) is 17.6. The number of ether oxygens (including phenoxy) is 1. The summed E-state index contributed by atoms with van der Waals surface area (Å²) in [5, 5.41) is 23.4. The molecule has 1 saturated heterocycles. The van der Waals surface area contributed by atoms with Gasteiger partial charge in [0.2, 0.25) is 5.91 Å². The van der Waals surface area contributed by atoms with Gasteiger partial charge in [0.05, 0.1) is 17.1 Å². The molecular weight excluding hydrogens is 466 g/mol. The largest absolute Gasteiger partial charge is 0.504 e. The second-order valence-electron chi connectivity index (χ2n) is 11.8. The number of likely N-dealkylation sites (tertiary alicyclic amines) is 1. The quantitative estimate of drug-likeness (QED) is 0.430. The van der Waals surface area contributed by atoms with Crippen molar-refractivity contribution < 1.29 is 19.7 Å². The molecule has 7 nitrogen and oxygen atoms in total. The van der Waals surface area contributed by atoms with Crippen LogP contribution in [0.1, 0.15) is 48.8 Å². The second-order valence-corrected chi connectivity index (χ2v) is 11.8. The van der Waals surface area contributed by atoms with Crippen LogP contribution in [0.2, 0.25) is 0 Å². The molecule has 2 aromatic carbocycles. The van der Waals surface area contributed by atoms with Crippen molar-refractivity contribution in [2.75, 3.05) is 25.9 Å². The fourth-order valence-corrected chi connectivity index (χ4v) is 7.96. The van der Waals surface area contributed by atoms with Crippen molar-refractivity contribution in [2.24, 2.45) is 5.92 Å². The number of phenols is 1. The first-order valence-corrected chi connectivity index (χ1v) is 13.6. The molecule has 0 aromatic heterocycles. The lowest BCUT2D eigenvalue weighted by molar-refractivity contribution is -0.200. The summed E-state index contributed by atoms with van der Waals surface area (Å²) in [6.45, 7) is 1.95. The maximum atomic E-state index is 13.4. The van der Waals surface area contributed by atoms with Gasteiger partial charge in [0.1, 0.15) is 6.10 Å². The summed E-state index contributed by atoms with van der Waals surface area (Å²) in [7, 11) is 1.83. The number of likely N-dealkylation sites (N-methyl/N-ethyl adjacent to an activating group) is 1. The third-order valence-corrected chi connectivity index (χ3v) is 9.91. The maximum absolute atomic E-state index is 13.4. The monoisotopic (exact) mass is 501 g/mol. The van der Waals surface area contributed by atoms with E-state index in [0.717, 1.165) is 43.0 Å². The van der Waals surface area contributed by atoms with Crippen molar-refractivity contribution in [1.82, 2.24) is 9.80 Å². The first kappa shape index (κ1) is 23.1. The van der Waals surface area contributed by atoms with Gasteiger partial charge in [-0.15, -0.1) is 0 Å². The number of aliphatic hydroxyl groups is 1. The topological polar surface area (TPSA) is 99.3 Å². The van der Waals surface area contributed by atoms with Crippen LogP contribution in [-0.4, -0.2) is 69.8 Å². The SMILES string of the molecule is CN(C(=O)/C=C/c1cccc(N)c1)[C@H]1CC[C@@]2(O)[C@H]3Cc4ccc(O)c5c4[C@@]2(CCN3CC2CC2)[C@H]1O5. The minimum atomic E-state index is -0.950. The van der Waals surface area contributed by atoms with Gasteiger partial charge in [0.15, 0.2) is 11.5 Å². The molecule has 7 rings (SSSR count). The van der Waals surface area contributed by atoms with E-state index in [2.05, 4.69) is 4.90 Å². The first-order valence-electron chi connectivity index (χ1n) is 13.6. The summed E-state index contributed by atoms with van der Waals surface area (Å²) in [5.41, 5.74) is 7.99. The Bertz CT molecular complexity index is 1310. The van der Waals surface area contributed by atoms with E-state index in [4.69, 9.17) is 10.5 Å². The number of rotatable bonds is 5. The van der Waals surface area contributed by atoms with E-state index < -0.39 is 17.1 Å². The molecule has 0 radical (unpaired) electrons. The van der Waals surface area contributed by atoms with Gasteiger partial charge in [-0.1, -0.05) is 18.2 Å². The van der Waals surface area contributed by atoms with Gasteiger partial charge >= 0.3 is 0 Å². The molecule has 2 aromatic rings. The molecule has 2 saturated carbocycles. The summed E-state index contributed by atoms with van der Waals surface area (Å²) in [6, 6.07) is 11.0. The average molecular weight is 502 g/mol. The van der Waals surface area contributed by atoms with Crippen LogP contribution >= 0.6 is 0 Å². The van der Waals surface area contributed by atoms with Crippen molar-refractivity contribution in [1.29, 1.82) is 0 Å².